The van der Waals surface area contributed by atoms with Gasteiger partial charge in [-0.25, -0.2) is 13.6 Å². The fourth-order valence-electron chi connectivity index (χ4n) is 2.63. The normalized spacial score (nSPS) is 10.3. The average molecular weight is 351 g/mol. The zero-order chi connectivity index (χ0) is 18.8. The Hall–Kier alpha value is -3.86. The topological polar surface area (TPSA) is 98.7 Å². The quantitative estimate of drug-likeness (QED) is 0.421. The molecule has 0 unspecified atom stereocenters. The van der Waals surface area contributed by atoms with E-state index in [1.807, 2.05) is 0 Å². The van der Waals surface area contributed by atoms with Gasteiger partial charge in [-0.05, 0) is 22.9 Å². The first-order chi connectivity index (χ1) is 12.4. The first kappa shape index (κ1) is 17.0. The van der Waals surface area contributed by atoms with E-state index < -0.39 is 23.5 Å². The second-order valence-electron chi connectivity index (χ2n) is 5.33. The van der Waals surface area contributed by atoms with Gasteiger partial charge >= 0.3 is 0 Å². The summed E-state index contributed by atoms with van der Waals surface area (Å²) in [7, 11) is 0. The molecular formula is C18H11F2N5O. The smallest absolute Gasteiger partial charge is 0.280 e. The fraction of sp³-hybridized carbons (Fsp3) is 0. The molecule has 4 N–H and O–H groups in total. The lowest BCUT2D eigenvalue weighted by atomic mass is 9.95. The summed E-state index contributed by atoms with van der Waals surface area (Å²) in [5.41, 5.74) is 10.2. The molecule has 0 bridgehead atoms. The molecule has 1 aromatic heterocycles. The van der Waals surface area contributed by atoms with Crippen molar-refractivity contribution < 1.29 is 13.6 Å². The van der Waals surface area contributed by atoms with Crippen molar-refractivity contribution in [1.82, 2.24) is 4.98 Å². The number of aromatic nitrogens is 1. The van der Waals surface area contributed by atoms with Crippen LogP contribution in [-0.4, -0.2) is 16.9 Å². The molecule has 0 aliphatic carbocycles. The SMILES string of the molecule is [C-]#[N+]c1ccc2ccc(C(=O)N=C(N)N)cc2c1-c1c(F)cncc1F. The second kappa shape index (κ2) is 6.57. The van der Waals surface area contributed by atoms with E-state index in [1.165, 1.54) is 18.2 Å². The van der Waals surface area contributed by atoms with Crippen LogP contribution in [0.4, 0.5) is 14.5 Å². The van der Waals surface area contributed by atoms with Crippen LogP contribution in [-0.2, 0) is 0 Å². The number of rotatable bonds is 2. The Morgan fingerprint density at radius 3 is 2.35 bits per heavy atom. The van der Waals surface area contributed by atoms with Crippen LogP contribution in [0.15, 0.2) is 47.7 Å². The van der Waals surface area contributed by atoms with E-state index >= 15 is 0 Å². The third kappa shape index (κ3) is 2.93. The minimum Gasteiger partial charge on any atom is -0.370 e. The Bertz CT molecular complexity index is 1090. The van der Waals surface area contributed by atoms with Crippen LogP contribution in [0.1, 0.15) is 10.4 Å². The number of aliphatic imine (C=N–C) groups is 1. The molecule has 3 aromatic rings. The molecule has 0 atom stereocenters. The van der Waals surface area contributed by atoms with Crippen LogP contribution in [0.2, 0.25) is 0 Å². The maximum absolute atomic E-state index is 14.3. The number of benzene rings is 2. The third-order valence-corrected chi connectivity index (χ3v) is 3.70. The zero-order valence-electron chi connectivity index (χ0n) is 13.2. The number of nitrogens with zero attached hydrogens (tertiary/aromatic N) is 3. The van der Waals surface area contributed by atoms with Crippen molar-refractivity contribution in [3.8, 4) is 11.1 Å². The molecule has 1 heterocycles. The van der Waals surface area contributed by atoms with Crippen molar-refractivity contribution in [3.05, 3.63) is 71.3 Å². The van der Waals surface area contributed by atoms with Gasteiger partial charge < -0.3 is 11.5 Å². The zero-order valence-corrected chi connectivity index (χ0v) is 13.2. The molecule has 8 heteroatoms. The van der Waals surface area contributed by atoms with Crippen molar-refractivity contribution in [2.75, 3.05) is 0 Å². The molecule has 128 valence electrons. The summed E-state index contributed by atoms with van der Waals surface area (Å²) >= 11 is 0. The van der Waals surface area contributed by atoms with Gasteiger partial charge in [0.2, 0.25) is 0 Å². The molecule has 3 rings (SSSR count). The number of amides is 1. The number of nitrogens with two attached hydrogens (primary N) is 2. The van der Waals surface area contributed by atoms with Gasteiger partial charge in [0.15, 0.2) is 23.3 Å². The van der Waals surface area contributed by atoms with Crippen LogP contribution in [0, 0.1) is 18.2 Å². The molecule has 6 nitrogen and oxygen atoms in total. The van der Waals surface area contributed by atoms with E-state index in [1.54, 1.807) is 12.1 Å². The summed E-state index contributed by atoms with van der Waals surface area (Å²) in [6.07, 6.45) is 1.72. The molecule has 0 aliphatic rings. The van der Waals surface area contributed by atoms with E-state index in [4.69, 9.17) is 18.0 Å². The van der Waals surface area contributed by atoms with Gasteiger partial charge in [0, 0.05) is 16.7 Å². The molecular weight excluding hydrogens is 340 g/mol. The van der Waals surface area contributed by atoms with E-state index in [9.17, 15) is 13.6 Å². The summed E-state index contributed by atoms with van der Waals surface area (Å²) in [6.45, 7) is 7.32. The lowest BCUT2D eigenvalue weighted by Crippen LogP contribution is -2.24. The summed E-state index contributed by atoms with van der Waals surface area (Å²) in [5.74, 6) is -2.94. The largest absolute Gasteiger partial charge is 0.370 e. The monoisotopic (exact) mass is 351 g/mol. The number of carbonyl (C=O) groups excluding carboxylic acids is 1. The van der Waals surface area contributed by atoms with E-state index in [0.29, 0.717) is 10.8 Å². The van der Waals surface area contributed by atoms with Crippen molar-refractivity contribution in [3.63, 3.8) is 0 Å². The number of carbonyl (C=O) groups is 1. The maximum atomic E-state index is 14.3. The molecule has 26 heavy (non-hydrogen) atoms. The van der Waals surface area contributed by atoms with Gasteiger partial charge in [-0.3, -0.25) is 9.78 Å². The van der Waals surface area contributed by atoms with Crippen LogP contribution in [0.5, 0.6) is 0 Å². The lowest BCUT2D eigenvalue weighted by Gasteiger charge is -2.12. The Kier molecular flexibility index (Phi) is 4.29. The van der Waals surface area contributed by atoms with Crippen LogP contribution < -0.4 is 11.5 Å². The highest BCUT2D eigenvalue weighted by molar-refractivity contribution is 6.08. The van der Waals surface area contributed by atoms with Gasteiger partial charge in [-0.15, -0.1) is 0 Å². The predicted molar refractivity (Wildman–Crippen MR) is 93.5 cm³/mol. The number of hydrogen-bond acceptors (Lipinski definition) is 2. The third-order valence-electron chi connectivity index (χ3n) is 3.70. The highest BCUT2D eigenvalue weighted by Gasteiger charge is 2.19. The van der Waals surface area contributed by atoms with Crippen LogP contribution in [0.3, 0.4) is 0 Å². The number of guanidine groups is 1. The van der Waals surface area contributed by atoms with E-state index in [2.05, 4.69) is 14.8 Å². The van der Waals surface area contributed by atoms with Crippen molar-refractivity contribution >= 4 is 28.3 Å². The Balaban J connectivity index is 2.38. The number of fused-ring (bicyclic) bond motifs is 1. The second-order valence-corrected chi connectivity index (χ2v) is 5.33. The number of hydrogen-bond donors (Lipinski definition) is 2. The summed E-state index contributed by atoms with van der Waals surface area (Å²) in [6, 6.07) is 7.55. The lowest BCUT2D eigenvalue weighted by molar-refractivity contribution is 0.100. The molecule has 0 spiro atoms. The van der Waals surface area contributed by atoms with Crippen molar-refractivity contribution in [2.45, 2.75) is 0 Å². The fourth-order valence-corrected chi connectivity index (χ4v) is 2.63. The molecule has 1 amide bonds. The number of halogens is 2. The molecule has 0 saturated heterocycles. The Labute approximate surface area is 146 Å². The Morgan fingerprint density at radius 2 is 1.73 bits per heavy atom. The Morgan fingerprint density at radius 1 is 1.08 bits per heavy atom. The molecule has 0 fully saturated rings. The van der Waals surface area contributed by atoms with Crippen LogP contribution in [0.25, 0.3) is 26.7 Å². The van der Waals surface area contributed by atoms with Gasteiger partial charge in [0.25, 0.3) is 5.91 Å². The van der Waals surface area contributed by atoms with Gasteiger partial charge in [0.1, 0.15) is 0 Å². The summed E-state index contributed by atoms with van der Waals surface area (Å²) in [5, 5.41) is 0.906. The highest BCUT2D eigenvalue weighted by atomic mass is 19.1. The molecule has 2 aromatic carbocycles. The summed E-state index contributed by atoms with van der Waals surface area (Å²) in [4.78, 5) is 22.3. The maximum Gasteiger partial charge on any atom is 0.280 e. The standard InChI is InChI=1S/C18H11F2N5O/c1-23-14-5-4-9-2-3-10(17(26)25-18(21)22)6-11(9)15(14)16-12(19)7-24-8-13(16)20/h2-8H,(H4,21,22,25,26). The first-order valence-electron chi connectivity index (χ1n) is 7.30. The highest BCUT2D eigenvalue weighted by Crippen LogP contribution is 2.40. The van der Waals surface area contributed by atoms with Gasteiger partial charge in [0.05, 0.1) is 19.0 Å². The van der Waals surface area contributed by atoms with E-state index in [-0.39, 0.29) is 22.4 Å². The predicted octanol–water partition coefficient (Wildman–Crippen LogP) is 3.14. The van der Waals surface area contributed by atoms with Crippen molar-refractivity contribution in [2.24, 2.45) is 16.5 Å². The molecule has 0 radical (unpaired) electrons. The first-order valence-corrected chi connectivity index (χ1v) is 7.30. The van der Waals surface area contributed by atoms with Crippen molar-refractivity contribution in [1.29, 1.82) is 0 Å². The van der Waals surface area contributed by atoms with Crippen LogP contribution >= 0.6 is 0 Å². The molecule has 0 saturated carbocycles. The van der Waals surface area contributed by atoms with E-state index in [0.717, 1.165) is 12.4 Å². The van der Waals surface area contributed by atoms with Gasteiger partial charge in [-0.1, -0.05) is 18.2 Å². The molecule has 0 aliphatic heterocycles. The average Bonchev–Trinajstić information content (AvgIpc) is 2.60. The summed E-state index contributed by atoms with van der Waals surface area (Å²) < 4.78 is 28.6. The minimum atomic E-state index is -0.914. The number of pyridine rings is 1. The van der Waals surface area contributed by atoms with Gasteiger partial charge in [-0.2, -0.15) is 4.99 Å². The minimum absolute atomic E-state index is 0.0351.